The van der Waals surface area contributed by atoms with E-state index in [0.717, 1.165) is 49.5 Å². The van der Waals surface area contributed by atoms with E-state index in [9.17, 15) is 13.2 Å². The van der Waals surface area contributed by atoms with Crippen LogP contribution in [0.25, 0.3) is 28.1 Å². The van der Waals surface area contributed by atoms with Crippen LogP contribution in [0.3, 0.4) is 0 Å². The number of aryl methyl sites for hydroxylation is 1. The van der Waals surface area contributed by atoms with Gasteiger partial charge >= 0.3 is 6.18 Å². The standard InChI is InChI=1S/C27H31F3N8O2/c1-35-21(14-36-8-6-17(7-9-36)18-15-40-16-18)32-22-23(35)33-26(34-24(22)37-10-12-39-13-11-37)38-20-5-3-2-4-19(20)31-25(38)27(28,29)30/h2-5,17-18H,6-16H2,1H3. The van der Waals surface area contributed by atoms with Gasteiger partial charge in [0, 0.05) is 26.1 Å². The summed E-state index contributed by atoms with van der Waals surface area (Å²) in [5.74, 6) is 1.59. The van der Waals surface area contributed by atoms with Gasteiger partial charge in [0.25, 0.3) is 0 Å². The normalized spacial score (nSPS) is 20.1. The molecule has 0 unspecified atom stereocenters. The summed E-state index contributed by atoms with van der Waals surface area (Å²) in [6.07, 6.45) is -2.42. The first-order valence-electron chi connectivity index (χ1n) is 13.8. The first-order chi connectivity index (χ1) is 19.4. The first-order valence-corrected chi connectivity index (χ1v) is 13.8. The molecule has 1 aromatic carbocycles. The second-order valence-corrected chi connectivity index (χ2v) is 10.9. The molecule has 0 atom stereocenters. The fraction of sp³-hybridized carbons (Fsp3) is 0.556. The number of piperidine rings is 1. The summed E-state index contributed by atoms with van der Waals surface area (Å²) in [5, 5.41) is 0. The second kappa shape index (κ2) is 9.96. The zero-order valence-corrected chi connectivity index (χ0v) is 22.3. The number of rotatable bonds is 5. The molecule has 6 heterocycles. The fourth-order valence-electron chi connectivity index (χ4n) is 6.04. The number of aromatic nitrogens is 6. The van der Waals surface area contributed by atoms with E-state index >= 15 is 0 Å². The SMILES string of the molecule is Cn1c(CN2CCC(C3COC3)CC2)nc2c(N3CCOCC3)nc(-n3c(C(F)(F)F)nc4ccccc43)nc21. The molecule has 3 aromatic heterocycles. The number of nitrogens with zero attached hydrogens (tertiary/aromatic N) is 8. The van der Waals surface area contributed by atoms with Gasteiger partial charge in [-0.2, -0.15) is 23.1 Å². The summed E-state index contributed by atoms with van der Waals surface area (Å²) in [4.78, 5) is 22.7. The first kappa shape index (κ1) is 25.7. The number of hydrogen-bond donors (Lipinski definition) is 0. The minimum absolute atomic E-state index is 0.0758. The van der Waals surface area contributed by atoms with E-state index in [1.54, 1.807) is 24.3 Å². The highest BCUT2D eigenvalue weighted by Crippen LogP contribution is 2.35. The number of fused-ring (bicyclic) bond motifs is 2. The summed E-state index contributed by atoms with van der Waals surface area (Å²) in [5.41, 5.74) is 1.61. The van der Waals surface area contributed by atoms with Crippen molar-refractivity contribution < 1.29 is 22.6 Å². The number of anilines is 1. The van der Waals surface area contributed by atoms with Crippen LogP contribution in [0.5, 0.6) is 0 Å². The Morgan fingerprint density at radius 2 is 1.65 bits per heavy atom. The van der Waals surface area contributed by atoms with Crippen LogP contribution >= 0.6 is 0 Å². The number of morpholine rings is 1. The van der Waals surface area contributed by atoms with Crippen molar-refractivity contribution in [3.63, 3.8) is 0 Å². The van der Waals surface area contributed by atoms with Crippen molar-refractivity contribution in [2.75, 3.05) is 57.5 Å². The summed E-state index contributed by atoms with van der Waals surface area (Å²) in [6, 6.07) is 6.52. The van der Waals surface area contributed by atoms with Crippen LogP contribution in [0.15, 0.2) is 24.3 Å². The van der Waals surface area contributed by atoms with Crippen LogP contribution in [-0.4, -0.2) is 86.6 Å². The summed E-state index contributed by atoms with van der Waals surface area (Å²) in [7, 11) is 1.87. The van der Waals surface area contributed by atoms with Crippen LogP contribution in [0.4, 0.5) is 19.0 Å². The molecule has 0 aliphatic carbocycles. The number of alkyl halides is 3. The number of ether oxygens (including phenoxy) is 2. The van der Waals surface area contributed by atoms with Crippen molar-refractivity contribution in [3.05, 3.63) is 35.9 Å². The monoisotopic (exact) mass is 556 g/mol. The molecule has 3 fully saturated rings. The average molecular weight is 557 g/mol. The van der Waals surface area contributed by atoms with Crippen LogP contribution in [0, 0.1) is 11.8 Å². The minimum atomic E-state index is -4.69. The molecule has 10 nitrogen and oxygen atoms in total. The van der Waals surface area contributed by atoms with Gasteiger partial charge in [-0.15, -0.1) is 0 Å². The molecular weight excluding hydrogens is 525 g/mol. The number of likely N-dealkylation sites (tertiary alicyclic amines) is 1. The molecule has 0 bridgehead atoms. The van der Waals surface area contributed by atoms with Crippen molar-refractivity contribution in [2.24, 2.45) is 18.9 Å². The second-order valence-electron chi connectivity index (χ2n) is 10.9. The number of benzene rings is 1. The van der Waals surface area contributed by atoms with Gasteiger partial charge in [-0.3, -0.25) is 9.47 Å². The highest BCUT2D eigenvalue weighted by molar-refractivity contribution is 5.86. The van der Waals surface area contributed by atoms with Gasteiger partial charge in [0.15, 0.2) is 17.0 Å². The lowest BCUT2D eigenvalue weighted by Gasteiger charge is -2.39. The predicted molar refractivity (Wildman–Crippen MR) is 141 cm³/mol. The molecule has 13 heteroatoms. The maximum Gasteiger partial charge on any atom is 0.450 e. The Kier molecular flexibility index (Phi) is 6.39. The van der Waals surface area contributed by atoms with Crippen LogP contribution in [0.2, 0.25) is 0 Å². The average Bonchev–Trinajstić information content (AvgIpc) is 3.47. The van der Waals surface area contributed by atoms with E-state index in [2.05, 4.69) is 14.9 Å². The summed E-state index contributed by atoms with van der Waals surface area (Å²) < 4.78 is 56.4. The lowest BCUT2D eigenvalue weighted by Crippen LogP contribution is -2.42. The highest BCUT2D eigenvalue weighted by Gasteiger charge is 2.39. The molecule has 4 aromatic rings. The smallest absolute Gasteiger partial charge is 0.381 e. The van der Waals surface area contributed by atoms with E-state index in [-0.39, 0.29) is 11.5 Å². The molecule has 40 heavy (non-hydrogen) atoms. The molecule has 212 valence electrons. The fourth-order valence-corrected chi connectivity index (χ4v) is 6.04. The van der Waals surface area contributed by atoms with E-state index in [4.69, 9.17) is 19.4 Å². The van der Waals surface area contributed by atoms with Gasteiger partial charge in [0.05, 0.1) is 44.0 Å². The molecule has 3 aliphatic heterocycles. The topological polar surface area (TPSA) is 86.4 Å². The lowest BCUT2D eigenvalue weighted by molar-refractivity contribution is -0.145. The Balaban J connectivity index is 1.30. The molecule has 3 saturated heterocycles. The minimum Gasteiger partial charge on any atom is -0.381 e. The molecule has 0 N–H and O–H groups in total. The van der Waals surface area contributed by atoms with Crippen molar-refractivity contribution in [1.82, 2.24) is 34.0 Å². The van der Waals surface area contributed by atoms with E-state index < -0.39 is 12.0 Å². The van der Waals surface area contributed by atoms with Crippen LogP contribution in [-0.2, 0) is 29.2 Å². The van der Waals surface area contributed by atoms with Gasteiger partial charge in [0.1, 0.15) is 5.82 Å². The Morgan fingerprint density at radius 3 is 2.35 bits per heavy atom. The number of imidazole rings is 2. The van der Waals surface area contributed by atoms with Crippen LogP contribution < -0.4 is 4.90 Å². The molecule has 7 rings (SSSR count). The van der Waals surface area contributed by atoms with Crippen LogP contribution in [0.1, 0.15) is 24.5 Å². The molecule has 3 aliphatic rings. The lowest BCUT2D eigenvalue weighted by atomic mass is 9.83. The molecule has 0 spiro atoms. The predicted octanol–water partition coefficient (Wildman–Crippen LogP) is 3.42. The third-order valence-electron chi connectivity index (χ3n) is 8.43. The Labute approximate surface area is 228 Å². The molecule has 0 saturated carbocycles. The van der Waals surface area contributed by atoms with E-state index in [0.29, 0.717) is 67.2 Å². The van der Waals surface area contributed by atoms with Crippen molar-refractivity contribution in [2.45, 2.75) is 25.6 Å². The molecule has 0 radical (unpaired) electrons. The number of para-hydroxylation sites is 2. The molecular formula is C27H31F3N8O2. The van der Waals surface area contributed by atoms with Gasteiger partial charge in [-0.05, 0) is 44.0 Å². The van der Waals surface area contributed by atoms with Gasteiger partial charge in [0.2, 0.25) is 11.8 Å². The van der Waals surface area contributed by atoms with Gasteiger partial charge < -0.3 is 18.9 Å². The summed E-state index contributed by atoms with van der Waals surface area (Å²) in [6.45, 7) is 6.49. The Morgan fingerprint density at radius 1 is 0.900 bits per heavy atom. The summed E-state index contributed by atoms with van der Waals surface area (Å²) >= 11 is 0. The zero-order chi connectivity index (χ0) is 27.4. The third-order valence-corrected chi connectivity index (χ3v) is 8.43. The maximum atomic E-state index is 14.2. The molecule has 0 amide bonds. The van der Waals surface area contributed by atoms with Gasteiger partial charge in [-0.25, -0.2) is 9.97 Å². The maximum absolute atomic E-state index is 14.2. The van der Waals surface area contributed by atoms with Crippen molar-refractivity contribution >= 4 is 28.0 Å². The van der Waals surface area contributed by atoms with Gasteiger partial charge in [-0.1, -0.05) is 12.1 Å². The largest absolute Gasteiger partial charge is 0.450 e. The van der Waals surface area contributed by atoms with Crippen molar-refractivity contribution in [3.8, 4) is 5.95 Å². The highest BCUT2D eigenvalue weighted by atomic mass is 19.4. The Hall–Kier alpha value is -3.29. The Bertz CT molecular complexity index is 1530. The number of hydrogen-bond acceptors (Lipinski definition) is 8. The quantitative estimate of drug-likeness (QED) is 0.370. The number of halogens is 3. The third kappa shape index (κ3) is 4.49. The van der Waals surface area contributed by atoms with E-state index in [1.165, 1.54) is 0 Å². The zero-order valence-electron chi connectivity index (χ0n) is 22.3. The van der Waals surface area contributed by atoms with E-state index in [1.807, 2.05) is 16.5 Å². The van der Waals surface area contributed by atoms with Crippen molar-refractivity contribution in [1.29, 1.82) is 0 Å².